The Labute approximate surface area is 206 Å². The van der Waals surface area contributed by atoms with Crippen LogP contribution in [0.4, 0.5) is 5.69 Å². The summed E-state index contributed by atoms with van der Waals surface area (Å²) in [6.45, 7) is 2.02. The van der Waals surface area contributed by atoms with Crippen molar-refractivity contribution in [2.24, 2.45) is 5.92 Å². The Bertz CT molecular complexity index is 1380. The van der Waals surface area contributed by atoms with Gasteiger partial charge in [0.2, 0.25) is 5.91 Å². The van der Waals surface area contributed by atoms with Gasteiger partial charge in [-0.3, -0.25) is 14.2 Å². The van der Waals surface area contributed by atoms with Gasteiger partial charge in [0.1, 0.15) is 5.75 Å². The largest absolute Gasteiger partial charge is 0.497 e. The normalized spacial score (nSPS) is 17.1. The van der Waals surface area contributed by atoms with E-state index in [2.05, 4.69) is 5.32 Å². The number of hydrogen-bond acceptors (Lipinski definition) is 5. The molecule has 34 heavy (non-hydrogen) atoms. The number of ether oxygens (including phenoxy) is 1. The van der Waals surface area contributed by atoms with Crippen LogP contribution < -0.4 is 14.9 Å². The van der Waals surface area contributed by atoms with Gasteiger partial charge in [-0.1, -0.05) is 59.4 Å². The van der Waals surface area contributed by atoms with E-state index in [1.807, 2.05) is 85.8 Å². The first kappa shape index (κ1) is 22.5. The molecule has 5 rings (SSSR count). The van der Waals surface area contributed by atoms with Crippen LogP contribution >= 0.6 is 23.1 Å². The fourth-order valence-corrected chi connectivity index (χ4v) is 6.98. The van der Waals surface area contributed by atoms with Crippen LogP contribution in [0.1, 0.15) is 21.9 Å². The van der Waals surface area contributed by atoms with Crippen LogP contribution in [0.15, 0.2) is 88.7 Å². The number of carbonyl (C=O) groups excluding carboxylic acids is 1. The summed E-state index contributed by atoms with van der Waals surface area (Å²) in [7, 11) is 1.63. The molecule has 0 unspecified atom stereocenters. The monoisotopic (exact) mass is 488 g/mol. The van der Waals surface area contributed by atoms with Crippen molar-refractivity contribution in [1.29, 1.82) is 0 Å². The molecule has 0 saturated carbocycles. The number of nitrogens with one attached hydrogen (secondary N) is 1. The fraction of sp³-hybridized carbons (Fsp3) is 0.185. The maximum atomic E-state index is 13.5. The van der Waals surface area contributed by atoms with Gasteiger partial charge in [0.25, 0.3) is 0 Å². The van der Waals surface area contributed by atoms with Crippen molar-refractivity contribution in [3.63, 3.8) is 0 Å². The van der Waals surface area contributed by atoms with Gasteiger partial charge >= 0.3 is 4.87 Å². The highest BCUT2D eigenvalue weighted by molar-refractivity contribution is 7.99. The number of nitrogens with zero attached hydrogens (tertiary/aromatic N) is 1. The number of carbonyl (C=O) groups is 1. The molecule has 0 bridgehead atoms. The highest BCUT2D eigenvalue weighted by atomic mass is 32.2. The van der Waals surface area contributed by atoms with Crippen LogP contribution in [-0.4, -0.2) is 23.3 Å². The zero-order chi connectivity index (χ0) is 23.7. The molecule has 3 aromatic carbocycles. The Kier molecular flexibility index (Phi) is 6.30. The molecule has 4 aromatic rings. The van der Waals surface area contributed by atoms with Crippen LogP contribution in [0.25, 0.3) is 5.69 Å². The smallest absolute Gasteiger partial charge is 0.312 e. The molecule has 1 N–H and O–H groups in total. The highest BCUT2D eigenvalue weighted by Crippen LogP contribution is 2.47. The van der Waals surface area contributed by atoms with Gasteiger partial charge < -0.3 is 10.1 Å². The van der Waals surface area contributed by atoms with Gasteiger partial charge in [-0.2, -0.15) is 0 Å². The number of benzene rings is 3. The maximum Gasteiger partial charge on any atom is 0.312 e. The lowest BCUT2D eigenvalue weighted by Gasteiger charge is -2.31. The summed E-state index contributed by atoms with van der Waals surface area (Å²) in [6, 6.07) is 25.3. The zero-order valence-corrected chi connectivity index (χ0v) is 20.5. The molecule has 172 valence electrons. The van der Waals surface area contributed by atoms with E-state index in [9.17, 15) is 9.59 Å². The van der Waals surface area contributed by atoms with E-state index in [1.54, 1.807) is 23.4 Å². The predicted octanol–water partition coefficient (Wildman–Crippen LogP) is 5.71. The molecule has 7 heteroatoms. The Hall–Kier alpha value is -3.29. The van der Waals surface area contributed by atoms with Crippen molar-refractivity contribution in [3.05, 3.63) is 105 Å². The lowest BCUT2D eigenvalue weighted by molar-refractivity contribution is -0.119. The maximum absolute atomic E-state index is 13.5. The molecule has 5 nitrogen and oxygen atoms in total. The fourth-order valence-electron chi connectivity index (χ4n) is 4.27. The molecule has 1 aliphatic heterocycles. The molecule has 0 fully saturated rings. The minimum absolute atomic E-state index is 0.0452. The number of amides is 1. The van der Waals surface area contributed by atoms with Crippen molar-refractivity contribution >= 4 is 34.7 Å². The summed E-state index contributed by atoms with van der Waals surface area (Å²) in [5, 5.41) is 4.00. The first-order valence-electron chi connectivity index (χ1n) is 11.0. The average molecular weight is 489 g/mol. The van der Waals surface area contributed by atoms with E-state index >= 15 is 0 Å². The molecule has 0 radical (unpaired) electrons. The molecule has 1 aliphatic rings. The number of methoxy groups -OCH3 is 1. The number of aromatic nitrogens is 1. The lowest BCUT2D eigenvalue weighted by Crippen LogP contribution is -2.33. The zero-order valence-electron chi connectivity index (χ0n) is 18.9. The van der Waals surface area contributed by atoms with Crippen molar-refractivity contribution in [2.75, 3.05) is 18.2 Å². The second-order valence-corrected chi connectivity index (χ2v) is 10.2. The van der Waals surface area contributed by atoms with Gasteiger partial charge in [0.05, 0.1) is 23.7 Å². The standard InChI is InChI=1S/C27H24N2O3S2/c1-17-11-13-19(14-12-17)28-25(30)22-16-33-26-24(23(22)18-7-6-10-21(15-18)32-2)34-27(31)29(26)20-8-4-3-5-9-20/h3-15,22-23H,16H2,1-2H3,(H,28,30)/t22-,23-/m0/s1. The quantitative estimate of drug-likeness (QED) is 0.391. The Balaban J connectivity index is 1.59. The van der Waals surface area contributed by atoms with Crippen molar-refractivity contribution in [1.82, 2.24) is 4.57 Å². The number of rotatable bonds is 5. The van der Waals surface area contributed by atoms with Crippen LogP contribution in [0.5, 0.6) is 5.75 Å². The minimum atomic E-state index is -0.340. The van der Waals surface area contributed by atoms with Gasteiger partial charge in [-0.25, -0.2) is 0 Å². The summed E-state index contributed by atoms with van der Waals surface area (Å²) >= 11 is 2.79. The molecular weight excluding hydrogens is 464 g/mol. The Morgan fingerprint density at radius 3 is 2.53 bits per heavy atom. The van der Waals surface area contributed by atoms with Crippen LogP contribution in [0.3, 0.4) is 0 Å². The number of thioether (sulfide) groups is 1. The van der Waals surface area contributed by atoms with Crippen LogP contribution in [0, 0.1) is 12.8 Å². The number of hydrogen-bond donors (Lipinski definition) is 1. The van der Waals surface area contributed by atoms with Gasteiger partial charge in [0.15, 0.2) is 0 Å². The summed E-state index contributed by atoms with van der Waals surface area (Å²) in [6.07, 6.45) is 0. The van der Waals surface area contributed by atoms with E-state index in [1.165, 1.54) is 11.3 Å². The van der Waals surface area contributed by atoms with Gasteiger partial charge in [0, 0.05) is 22.2 Å². The van der Waals surface area contributed by atoms with E-state index < -0.39 is 0 Å². The first-order chi connectivity index (χ1) is 16.5. The third kappa shape index (κ3) is 4.29. The second-order valence-electron chi connectivity index (χ2n) is 8.24. The number of aryl methyl sites for hydroxylation is 1. The number of anilines is 1. The van der Waals surface area contributed by atoms with Gasteiger partial charge in [-0.05, 0) is 48.9 Å². The summed E-state index contributed by atoms with van der Waals surface area (Å²) in [4.78, 5) is 27.5. The number of thiazole rings is 1. The summed E-state index contributed by atoms with van der Waals surface area (Å²) in [5.41, 5.74) is 3.71. The summed E-state index contributed by atoms with van der Waals surface area (Å²) in [5.74, 6) is 0.648. The molecule has 2 heterocycles. The number of fused-ring (bicyclic) bond motifs is 1. The topological polar surface area (TPSA) is 60.3 Å². The molecule has 0 aliphatic carbocycles. The molecule has 0 saturated heterocycles. The molecule has 1 amide bonds. The lowest BCUT2D eigenvalue weighted by atomic mass is 9.85. The second kappa shape index (κ2) is 9.52. The average Bonchev–Trinajstić information content (AvgIpc) is 3.21. The van der Waals surface area contributed by atoms with Gasteiger partial charge in [-0.15, -0.1) is 11.8 Å². The SMILES string of the molecule is COc1cccc([C@@H]2c3sc(=O)n(-c4ccccc4)c3SC[C@@H]2C(=O)Nc2ccc(C)cc2)c1. The van der Waals surface area contributed by atoms with E-state index in [0.717, 1.165) is 38.2 Å². The Morgan fingerprint density at radius 1 is 1.03 bits per heavy atom. The van der Waals surface area contributed by atoms with Crippen molar-refractivity contribution in [3.8, 4) is 11.4 Å². The minimum Gasteiger partial charge on any atom is -0.497 e. The molecule has 2 atom stereocenters. The summed E-state index contributed by atoms with van der Waals surface area (Å²) < 4.78 is 7.23. The molecule has 0 spiro atoms. The molecular formula is C27H24N2O3S2. The first-order valence-corrected chi connectivity index (χ1v) is 12.8. The van der Waals surface area contributed by atoms with Crippen molar-refractivity contribution in [2.45, 2.75) is 17.9 Å². The third-order valence-corrected chi connectivity index (χ3v) is 8.36. The molecule has 1 aromatic heterocycles. The number of para-hydroxylation sites is 1. The predicted molar refractivity (Wildman–Crippen MR) is 139 cm³/mol. The van der Waals surface area contributed by atoms with Crippen LogP contribution in [0.2, 0.25) is 0 Å². The van der Waals surface area contributed by atoms with E-state index in [-0.39, 0.29) is 22.6 Å². The van der Waals surface area contributed by atoms with Crippen molar-refractivity contribution < 1.29 is 9.53 Å². The van der Waals surface area contributed by atoms with E-state index in [0.29, 0.717) is 5.75 Å². The highest BCUT2D eigenvalue weighted by Gasteiger charge is 2.39. The Morgan fingerprint density at radius 2 is 1.79 bits per heavy atom. The van der Waals surface area contributed by atoms with E-state index in [4.69, 9.17) is 4.74 Å². The van der Waals surface area contributed by atoms with Crippen LogP contribution in [-0.2, 0) is 4.79 Å². The third-order valence-electron chi connectivity index (χ3n) is 6.00.